The second-order valence-corrected chi connectivity index (χ2v) is 6.98. The largest absolute Gasteiger partial charge is 0.493 e. The highest BCUT2D eigenvalue weighted by Gasteiger charge is 2.14. The fourth-order valence-electron chi connectivity index (χ4n) is 2.29. The van der Waals surface area contributed by atoms with Crippen molar-refractivity contribution in [1.82, 2.24) is 5.32 Å². The first-order chi connectivity index (χ1) is 12.1. The molecule has 0 aromatic heterocycles. The molecular weight excluding hydrogens is 381 g/mol. The number of carbonyl (C=O) groups excluding carboxylic acids is 1. The van der Waals surface area contributed by atoms with Crippen molar-refractivity contribution in [2.45, 2.75) is 5.75 Å². The van der Waals surface area contributed by atoms with Gasteiger partial charge in [0.05, 0.1) is 29.8 Å². The summed E-state index contributed by atoms with van der Waals surface area (Å²) < 4.78 is 10.7. The Bertz CT molecular complexity index is 720. The maximum Gasteiger partial charge on any atom is 0.254 e. The molecule has 1 N–H and O–H groups in total. The van der Waals surface area contributed by atoms with Crippen molar-refractivity contribution in [2.24, 2.45) is 0 Å². The molecule has 0 atom stereocenters. The Morgan fingerprint density at radius 3 is 2.40 bits per heavy atom. The number of ether oxygens (including phenoxy) is 2. The highest BCUT2D eigenvalue weighted by molar-refractivity contribution is 7.98. The van der Waals surface area contributed by atoms with Gasteiger partial charge in [0, 0.05) is 23.6 Å². The molecule has 0 aliphatic rings. The van der Waals surface area contributed by atoms with Crippen LogP contribution in [0.25, 0.3) is 0 Å². The molecule has 0 fully saturated rings. The lowest BCUT2D eigenvalue weighted by Crippen LogP contribution is -2.26. The van der Waals surface area contributed by atoms with Crippen molar-refractivity contribution < 1.29 is 14.3 Å². The molecular formula is C18H19Cl2NO3S. The van der Waals surface area contributed by atoms with Gasteiger partial charge < -0.3 is 14.8 Å². The number of benzene rings is 2. The molecule has 0 aliphatic heterocycles. The molecule has 7 heteroatoms. The number of methoxy groups -OCH3 is 2. The summed E-state index contributed by atoms with van der Waals surface area (Å²) in [6.45, 7) is 0.511. The van der Waals surface area contributed by atoms with Crippen LogP contribution in [-0.4, -0.2) is 32.4 Å². The molecule has 2 rings (SSSR count). The third-order valence-electron chi connectivity index (χ3n) is 3.46. The van der Waals surface area contributed by atoms with E-state index in [2.05, 4.69) is 5.32 Å². The normalized spacial score (nSPS) is 10.4. The van der Waals surface area contributed by atoms with E-state index in [0.717, 1.165) is 22.8 Å². The van der Waals surface area contributed by atoms with Gasteiger partial charge in [-0.05, 0) is 18.2 Å². The minimum absolute atomic E-state index is 0.268. The number of hydrogen-bond acceptors (Lipinski definition) is 4. The number of halogens is 2. The summed E-state index contributed by atoms with van der Waals surface area (Å²) in [4.78, 5) is 12.2. The molecule has 4 nitrogen and oxygen atoms in total. The van der Waals surface area contributed by atoms with Crippen LogP contribution in [0, 0.1) is 0 Å². The van der Waals surface area contributed by atoms with Crippen LogP contribution in [0.3, 0.4) is 0 Å². The van der Waals surface area contributed by atoms with Gasteiger partial charge in [0.2, 0.25) is 0 Å². The molecule has 2 aromatic rings. The standard InChI is InChI=1S/C18H19Cl2NO3S/c1-23-15-8-3-5-12(17(15)24-2)11-25-10-9-21-18(22)16-13(19)6-4-7-14(16)20/h3-8H,9-11H2,1-2H3,(H,21,22). The number of rotatable bonds is 8. The second kappa shape index (κ2) is 9.80. The van der Waals surface area contributed by atoms with Crippen LogP contribution in [0.1, 0.15) is 15.9 Å². The number of amides is 1. The Kier molecular flexibility index (Phi) is 7.75. The Hall–Kier alpha value is -1.56. The van der Waals surface area contributed by atoms with Crippen molar-refractivity contribution in [3.63, 3.8) is 0 Å². The van der Waals surface area contributed by atoms with Crippen LogP contribution >= 0.6 is 35.0 Å². The van der Waals surface area contributed by atoms with Gasteiger partial charge in [0.25, 0.3) is 5.91 Å². The number of nitrogens with one attached hydrogen (secondary N) is 1. The van der Waals surface area contributed by atoms with E-state index in [-0.39, 0.29) is 5.91 Å². The van der Waals surface area contributed by atoms with Crippen LogP contribution in [-0.2, 0) is 5.75 Å². The zero-order valence-corrected chi connectivity index (χ0v) is 16.3. The monoisotopic (exact) mass is 399 g/mol. The van der Waals surface area contributed by atoms with Gasteiger partial charge in [0.15, 0.2) is 11.5 Å². The van der Waals surface area contributed by atoms with Gasteiger partial charge >= 0.3 is 0 Å². The maximum absolute atomic E-state index is 12.2. The van der Waals surface area contributed by atoms with Gasteiger partial charge in [-0.25, -0.2) is 0 Å². The topological polar surface area (TPSA) is 47.6 Å². The van der Waals surface area contributed by atoms with E-state index in [9.17, 15) is 4.79 Å². The number of hydrogen-bond donors (Lipinski definition) is 1. The van der Waals surface area contributed by atoms with Crippen LogP contribution in [0.15, 0.2) is 36.4 Å². The molecule has 0 spiro atoms. The summed E-state index contributed by atoms with van der Waals surface area (Å²) in [5.74, 6) is 2.68. The highest BCUT2D eigenvalue weighted by atomic mass is 35.5. The fraction of sp³-hybridized carbons (Fsp3) is 0.278. The number of carbonyl (C=O) groups is 1. The molecule has 0 heterocycles. The molecule has 1 amide bonds. The molecule has 134 valence electrons. The average Bonchev–Trinajstić information content (AvgIpc) is 2.60. The zero-order chi connectivity index (χ0) is 18.2. The SMILES string of the molecule is COc1cccc(CSCCNC(=O)c2c(Cl)cccc2Cl)c1OC. The van der Waals surface area contributed by atoms with Crippen LogP contribution in [0.5, 0.6) is 11.5 Å². The quantitative estimate of drug-likeness (QED) is 0.654. The molecule has 2 aromatic carbocycles. The third-order valence-corrected chi connectivity index (χ3v) is 5.10. The lowest BCUT2D eigenvalue weighted by molar-refractivity contribution is 0.0956. The molecule has 0 radical (unpaired) electrons. The first kappa shape index (κ1) is 19.8. The molecule has 0 unspecified atom stereocenters. The van der Waals surface area contributed by atoms with E-state index in [1.54, 1.807) is 44.2 Å². The van der Waals surface area contributed by atoms with Crippen molar-refractivity contribution in [2.75, 3.05) is 26.5 Å². The first-order valence-electron chi connectivity index (χ1n) is 7.58. The summed E-state index contributed by atoms with van der Waals surface area (Å²) in [5.41, 5.74) is 1.36. The smallest absolute Gasteiger partial charge is 0.254 e. The fourth-order valence-corrected chi connectivity index (χ4v) is 3.70. The van der Waals surface area contributed by atoms with E-state index >= 15 is 0 Å². The maximum atomic E-state index is 12.2. The van der Waals surface area contributed by atoms with Gasteiger partial charge in [0.1, 0.15) is 0 Å². The first-order valence-corrected chi connectivity index (χ1v) is 9.49. The number of thioether (sulfide) groups is 1. The van der Waals surface area contributed by atoms with Crippen molar-refractivity contribution in [3.05, 3.63) is 57.6 Å². The van der Waals surface area contributed by atoms with E-state index in [4.69, 9.17) is 32.7 Å². The molecule has 0 saturated heterocycles. The molecule has 25 heavy (non-hydrogen) atoms. The Morgan fingerprint density at radius 1 is 1.08 bits per heavy atom. The predicted octanol–water partition coefficient (Wildman–Crippen LogP) is 4.67. The molecule has 0 bridgehead atoms. The summed E-state index contributed by atoms with van der Waals surface area (Å²) in [6.07, 6.45) is 0. The lowest BCUT2D eigenvalue weighted by atomic mass is 10.2. The molecule has 0 saturated carbocycles. The van der Waals surface area contributed by atoms with Gasteiger partial charge in [-0.2, -0.15) is 11.8 Å². The predicted molar refractivity (Wildman–Crippen MR) is 105 cm³/mol. The van der Waals surface area contributed by atoms with Crippen molar-refractivity contribution in [3.8, 4) is 11.5 Å². The Labute approximate surface area is 161 Å². The van der Waals surface area contributed by atoms with Crippen LogP contribution in [0.4, 0.5) is 0 Å². The second-order valence-electron chi connectivity index (χ2n) is 5.06. The van der Waals surface area contributed by atoms with Crippen molar-refractivity contribution >= 4 is 40.9 Å². The van der Waals surface area contributed by atoms with Gasteiger partial charge in [-0.15, -0.1) is 0 Å². The minimum atomic E-state index is -0.268. The van der Waals surface area contributed by atoms with E-state index < -0.39 is 0 Å². The lowest BCUT2D eigenvalue weighted by Gasteiger charge is -2.12. The Morgan fingerprint density at radius 2 is 1.76 bits per heavy atom. The van der Waals surface area contributed by atoms with E-state index in [1.807, 2.05) is 18.2 Å². The summed E-state index contributed by atoms with van der Waals surface area (Å²) in [5, 5.41) is 3.53. The summed E-state index contributed by atoms with van der Waals surface area (Å²) in [7, 11) is 3.24. The number of para-hydroxylation sites is 1. The summed E-state index contributed by atoms with van der Waals surface area (Å²) >= 11 is 13.7. The van der Waals surface area contributed by atoms with E-state index in [1.165, 1.54) is 0 Å². The Balaban J connectivity index is 1.83. The minimum Gasteiger partial charge on any atom is -0.493 e. The van der Waals surface area contributed by atoms with Gasteiger partial charge in [-0.1, -0.05) is 41.4 Å². The van der Waals surface area contributed by atoms with Crippen LogP contribution < -0.4 is 14.8 Å². The van der Waals surface area contributed by atoms with Gasteiger partial charge in [-0.3, -0.25) is 4.79 Å². The average molecular weight is 400 g/mol. The van der Waals surface area contributed by atoms with E-state index in [0.29, 0.717) is 27.9 Å². The zero-order valence-electron chi connectivity index (χ0n) is 14.0. The highest BCUT2D eigenvalue weighted by Crippen LogP contribution is 2.32. The van der Waals surface area contributed by atoms with Crippen molar-refractivity contribution in [1.29, 1.82) is 0 Å². The third kappa shape index (κ3) is 5.21. The van der Waals surface area contributed by atoms with Crippen LogP contribution in [0.2, 0.25) is 10.0 Å². The summed E-state index contributed by atoms with van der Waals surface area (Å²) in [6, 6.07) is 10.8. The molecule has 0 aliphatic carbocycles.